The van der Waals surface area contributed by atoms with Crippen LogP contribution in [0.4, 0.5) is 4.39 Å². The van der Waals surface area contributed by atoms with Crippen molar-refractivity contribution in [2.24, 2.45) is 0 Å². The zero-order valence-electron chi connectivity index (χ0n) is 8.06. The second-order valence-corrected chi connectivity index (χ2v) is 4.27. The van der Waals surface area contributed by atoms with Gasteiger partial charge in [-0.3, -0.25) is 4.79 Å². The van der Waals surface area contributed by atoms with Gasteiger partial charge in [-0.1, -0.05) is 11.6 Å². The number of hydrogen-bond donors (Lipinski definition) is 1. The van der Waals surface area contributed by atoms with Crippen LogP contribution in [-0.4, -0.2) is 17.8 Å². The fourth-order valence-corrected chi connectivity index (χ4v) is 1.23. The molecule has 0 radical (unpaired) electrons. The molecule has 0 spiro atoms. The predicted octanol–water partition coefficient (Wildman–Crippen LogP) is 2.84. The number of nitrogens with one attached hydrogen (secondary N) is 1. The zero-order chi connectivity index (χ0) is 11.4. The molecule has 1 amide bonds. The maximum Gasteiger partial charge on any atom is 0.251 e. The number of benzene rings is 1. The number of alkyl halides is 1. The average molecular weight is 250 g/mol. The minimum absolute atomic E-state index is 0.0680. The Bertz CT molecular complexity index is 368. The SMILES string of the molecule is CC(Cl)CNC(=O)c1ccc(F)c(Cl)c1. The molecule has 0 bridgehead atoms. The molecular weight excluding hydrogens is 240 g/mol. The van der Waals surface area contributed by atoms with Crippen LogP contribution in [0.3, 0.4) is 0 Å². The minimum Gasteiger partial charge on any atom is -0.351 e. The monoisotopic (exact) mass is 249 g/mol. The van der Waals surface area contributed by atoms with E-state index in [2.05, 4.69) is 5.32 Å². The Balaban J connectivity index is 2.70. The third-order valence-electron chi connectivity index (χ3n) is 1.73. The Kier molecular flexibility index (Phi) is 4.36. The first-order chi connectivity index (χ1) is 7.00. The molecule has 1 aromatic carbocycles. The van der Waals surface area contributed by atoms with Crippen LogP contribution in [0.25, 0.3) is 0 Å². The van der Waals surface area contributed by atoms with Crippen LogP contribution in [0.1, 0.15) is 17.3 Å². The van der Waals surface area contributed by atoms with Gasteiger partial charge in [0.2, 0.25) is 0 Å². The van der Waals surface area contributed by atoms with Gasteiger partial charge in [0, 0.05) is 17.5 Å². The van der Waals surface area contributed by atoms with Crippen molar-refractivity contribution in [2.45, 2.75) is 12.3 Å². The molecule has 0 aliphatic carbocycles. The first-order valence-electron chi connectivity index (χ1n) is 4.38. The second kappa shape index (κ2) is 5.33. The Morgan fingerprint density at radius 3 is 2.80 bits per heavy atom. The molecule has 1 atom stereocenters. The van der Waals surface area contributed by atoms with Crippen molar-refractivity contribution < 1.29 is 9.18 Å². The molecule has 0 saturated carbocycles. The fourth-order valence-electron chi connectivity index (χ4n) is 0.973. The van der Waals surface area contributed by atoms with Gasteiger partial charge < -0.3 is 5.32 Å². The summed E-state index contributed by atoms with van der Waals surface area (Å²) in [5.41, 5.74) is 0.318. The van der Waals surface area contributed by atoms with Crippen molar-refractivity contribution >= 4 is 29.1 Å². The first-order valence-corrected chi connectivity index (χ1v) is 5.19. The topological polar surface area (TPSA) is 29.1 Å². The van der Waals surface area contributed by atoms with Gasteiger partial charge in [-0.25, -0.2) is 4.39 Å². The normalized spacial score (nSPS) is 12.3. The highest BCUT2D eigenvalue weighted by molar-refractivity contribution is 6.31. The lowest BCUT2D eigenvalue weighted by Gasteiger charge is -2.06. The van der Waals surface area contributed by atoms with E-state index in [1.165, 1.54) is 12.1 Å². The molecule has 1 unspecified atom stereocenters. The molecule has 0 heterocycles. The van der Waals surface area contributed by atoms with Crippen molar-refractivity contribution in [3.05, 3.63) is 34.6 Å². The first kappa shape index (κ1) is 12.3. The summed E-state index contributed by atoms with van der Waals surface area (Å²) < 4.78 is 12.8. The summed E-state index contributed by atoms with van der Waals surface area (Å²) in [5, 5.41) is 2.38. The van der Waals surface area contributed by atoms with Gasteiger partial charge in [-0.2, -0.15) is 0 Å². The van der Waals surface area contributed by atoms with E-state index in [0.717, 1.165) is 6.07 Å². The van der Waals surface area contributed by atoms with Crippen LogP contribution in [0.5, 0.6) is 0 Å². The third-order valence-corrected chi connectivity index (χ3v) is 2.17. The number of rotatable bonds is 3. The third kappa shape index (κ3) is 3.68. The summed E-state index contributed by atoms with van der Waals surface area (Å²) in [6, 6.07) is 3.81. The van der Waals surface area contributed by atoms with Gasteiger partial charge in [0.05, 0.1) is 5.02 Å². The van der Waals surface area contributed by atoms with Crippen LogP contribution in [-0.2, 0) is 0 Å². The maximum absolute atomic E-state index is 12.8. The van der Waals surface area contributed by atoms with Crippen LogP contribution in [0.2, 0.25) is 5.02 Å². The second-order valence-electron chi connectivity index (χ2n) is 3.12. The van der Waals surface area contributed by atoms with Crippen molar-refractivity contribution in [1.82, 2.24) is 5.32 Å². The van der Waals surface area contributed by atoms with Crippen LogP contribution in [0.15, 0.2) is 18.2 Å². The molecule has 82 valence electrons. The van der Waals surface area contributed by atoms with Crippen LogP contribution >= 0.6 is 23.2 Å². The lowest BCUT2D eigenvalue weighted by molar-refractivity contribution is 0.0954. The van der Waals surface area contributed by atoms with Crippen molar-refractivity contribution in [3.63, 3.8) is 0 Å². The smallest absolute Gasteiger partial charge is 0.251 e. The van der Waals surface area contributed by atoms with Gasteiger partial charge in [-0.05, 0) is 25.1 Å². The number of amides is 1. The van der Waals surface area contributed by atoms with E-state index in [1.54, 1.807) is 6.92 Å². The van der Waals surface area contributed by atoms with Crippen LogP contribution < -0.4 is 5.32 Å². The van der Waals surface area contributed by atoms with Crippen molar-refractivity contribution in [3.8, 4) is 0 Å². The molecule has 0 fully saturated rings. The summed E-state index contributed by atoms with van der Waals surface area (Å²) in [4.78, 5) is 11.5. The average Bonchev–Trinajstić information content (AvgIpc) is 2.18. The summed E-state index contributed by atoms with van der Waals surface area (Å²) in [5.74, 6) is -0.858. The van der Waals surface area contributed by atoms with Gasteiger partial charge in [0.15, 0.2) is 0 Å². The van der Waals surface area contributed by atoms with E-state index in [-0.39, 0.29) is 16.3 Å². The zero-order valence-corrected chi connectivity index (χ0v) is 9.57. The lowest BCUT2D eigenvalue weighted by atomic mass is 10.2. The van der Waals surface area contributed by atoms with E-state index in [1.807, 2.05) is 0 Å². The molecular formula is C10H10Cl2FNO. The van der Waals surface area contributed by atoms with E-state index >= 15 is 0 Å². The molecule has 0 aliphatic heterocycles. The Hall–Kier alpha value is -0.800. The summed E-state index contributed by atoms with van der Waals surface area (Å²) in [7, 11) is 0. The van der Waals surface area contributed by atoms with E-state index in [9.17, 15) is 9.18 Å². The maximum atomic E-state index is 12.8. The summed E-state index contributed by atoms with van der Waals surface area (Å²) >= 11 is 11.2. The molecule has 0 aliphatic rings. The largest absolute Gasteiger partial charge is 0.351 e. The number of halogens is 3. The Morgan fingerprint density at radius 2 is 2.27 bits per heavy atom. The highest BCUT2D eigenvalue weighted by Gasteiger charge is 2.08. The quantitative estimate of drug-likeness (QED) is 0.821. The minimum atomic E-state index is -0.543. The highest BCUT2D eigenvalue weighted by Crippen LogP contribution is 2.15. The Labute approximate surface area is 97.4 Å². The van der Waals surface area contributed by atoms with Gasteiger partial charge in [0.1, 0.15) is 5.82 Å². The number of hydrogen-bond acceptors (Lipinski definition) is 1. The van der Waals surface area contributed by atoms with Crippen molar-refractivity contribution in [2.75, 3.05) is 6.54 Å². The van der Waals surface area contributed by atoms with E-state index in [0.29, 0.717) is 12.1 Å². The fraction of sp³-hybridized carbons (Fsp3) is 0.300. The molecule has 0 saturated heterocycles. The predicted molar refractivity (Wildman–Crippen MR) is 59.1 cm³/mol. The number of carbonyl (C=O) groups excluding carboxylic acids is 1. The van der Waals surface area contributed by atoms with E-state index in [4.69, 9.17) is 23.2 Å². The highest BCUT2D eigenvalue weighted by atomic mass is 35.5. The lowest BCUT2D eigenvalue weighted by Crippen LogP contribution is -2.28. The van der Waals surface area contributed by atoms with Gasteiger partial charge in [0.25, 0.3) is 5.91 Å². The molecule has 5 heteroatoms. The standard InChI is InChI=1S/C10H10Cl2FNO/c1-6(11)5-14-10(15)7-2-3-9(13)8(12)4-7/h2-4,6H,5H2,1H3,(H,14,15). The molecule has 0 aromatic heterocycles. The number of carbonyl (C=O) groups is 1. The van der Waals surface area contributed by atoms with E-state index < -0.39 is 5.82 Å². The Morgan fingerprint density at radius 1 is 1.60 bits per heavy atom. The van der Waals surface area contributed by atoms with Crippen molar-refractivity contribution in [1.29, 1.82) is 0 Å². The van der Waals surface area contributed by atoms with Gasteiger partial charge in [-0.15, -0.1) is 11.6 Å². The summed E-state index contributed by atoms with van der Waals surface area (Å²) in [6.07, 6.45) is 0. The van der Waals surface area contributed by atoms with Gasteiger partial charge >= 0.3 is 0 Å². The molecule has 15 heavy (non-hydrogen) atoms. The molecule has 1 aromatic rings. The summed E-state index contributed by atoms with van der Waals surface area (Å²) in [6.45, 7) is 2.12. The molecule has 1 rings (SSSR count). The van der Waals surface area contributed by atoms with Crippen LogP contribution in [0, 0.1) is 5.82 Å². The molecule has 1 N–H and O–H groups in total. The molecule has 2 nitrogen and oxygen atoms in total.